The van der Waals surface area contributed by atoms with Crippen LogP contribution < -0.4 is 5.32 Å². The van der Waals surface area contributed by atoms with Gasteiger partial charge in [0.15, 0.2) is 0 Å². The van der Waals surface area contributed by atoms with Crippen LogP contribution in [0.1, 0.15) is 18.1 Å². The average molecular weight is 271 g/mol. The largest absolute Gasteiger partial charge is 0.325 e. The van der Waals surface area contributed by atoms with Gasteiger partial charge in [-0.2, -0.15) is 0 Å². The summed E-state index contributed by atoms with van der Waals surface area (Å²) in [7, 11) is 0. The van der Waals surface area contributed by atoms with Gasteiger partial charge in [-0.15, -0.1) is 12.6 Å². The third-order valence-corrected chi connectivity index (χ3v) is 3.80. The summed E-state index contributed by atoms with van der Waals surface area (Å²) < 4.78 is 0. The van der Waals surface area contributed by atoms with Crippen molar-refractivity contribution in [3.8, 4) is 0 Å². The molecule has 1 unspecified atom stereocenters. The fraction of sp³-hybridized carbons (Fsp3) is 0.214. The first-order valence-electron chi connectivity index (χ1n) is 5.98. The molecule has 2 heterocycles. The molecule has 0 saturated heterocycles. The molecule has 0 saturated carbocycles. The van der Waals surface area contributed by atoms with E-state index in [0.29, 0.717) is 6.42 Å². The van der Waals surface area contributed by atoms with Crippen molar-refractivity contribution in [1.82, 2.24) is 9.97 Å². The number of amides is 1. The number of hydrogen-bond acceptors (Lipinski definition) is 4. The quantitative estimate of drug-likeness (QED) is 0.823. The molecule has 1 aliphatic heterocycles. The first-order chi connectivity index (χ1) is 9.09. The van der Waals surface area contributed by atoms with Gasteiger partial charge in [-0.05, 0) is 42.7 Å². The van der Waals surface area contributed by atoms with E-state index in [1.54, 1.807) is 12.4 Å². The molecule has 1 N–H and O–H groups in total. The monoisotopic (exact) mass is 271 g/mol. The fourth-order valence-electron chi connectivity index (χ4n) is 2.49. The molecule has 2 aromatic rings. The number of nitrogens with one attached hydrogen (secondary N) is 1. The Labute approximate surface area is 116 Å². The minimum absolute atomic E-state index is 0.00489. The van der Waals surface area contributed by atoms with E-state index in [0.717, 1.165) is 21.7 Å². The van der Waals surface area contributed by atoms with Crippen LogP contribution in [0.25, 0.3) is 0 Å². The molecule has 1 aromatic heterocycles. The normalized spacial score (nSPS) is 21.1. The summed E-state index contributed by atoms with van der Waals surface area (Å²) in [4.78, 5) is 21.1. The smallest absolute Gasteiger partial charge is 0.235 e. The number of carbonyl (C=O) groups excluding carboxylic acids is 1. The van der Waals surface area contributed by atoms with Gasteiger partial charge in [0.1, 0.15) is 6.33 Å². The van der Waals surface area contributed by atoms with Gasteiger partial charge in [0.05, 0.1) is 5.41 Å². The predicted molar refractivity (Wildman–Crippen MR) is 75.4 cm³/mol. The van der Waals surface area contributed by atoms with Crippen molar-refractivity contribution in [2.45, 2.75) is 23.7 Å². The average Bonchev–Trinajstić information content (AvgIpc) is 2.64. The molecule has 5 heteroatoms. The molecule has 1 atom stereocenters. The number of thiol groups is 1. The van der Waals surface area contributed by atoms with Crippen LogP contribution >= 0.6 is 12.6 Å². The highest BCUT2D eigenvalue weighted by molar-refractivity contribution is 7.80. The minimum Gasteiger partial charge on any atom is -0.325 e. The Bertz CT molecular complexity index is 644. The summed E-state index contributed by atoms with van der Waals surface area (Å²) in [6.07, 6.45) is 5.55. The molecule has 0 bridgehead atoms. The Hall–Kier alpha value is -1.88. The Morgan fingerprint density at radius 3 is 2.79 bits per heavy atom. The van der Waals surface area contributed by atoms with Crippen molar-refractivity contribution in [1.29, 1.82) is 0 Å². The molecular weight excluding hydrogens is 258 g/mol. The van der Waals surface area contributed by atoms with Crippen LogP contribution in [0.3, 0.4) is 0 Å². The second-order valence-electron chi connectivity index (χ2n) is 4.94. The van der Waals surface area contributed by atoms with Crippen LogP contribution in [0.5, 0.6) is 0 Å². The molecule has 0 spiro atoms. The summed E-state index contributed by atoms with van der Waals surface area (Å²) in [5.41, 5.74) is 2.19. The summed E-state index contributed by atoms with van der Waals surface area (Å²) in [6, 6.07) is 5.71. The number of fused-ring (bicyclic) bond motifs is 1. The van der Waals surface area contributed by atoms with Crippen molar-refractivity contribution in [2.24, 2.45) is 0 Å². The van der Waals surface area contributed by atoms with Crippen molar-refractivity contribution < 1.29 is 4.79 Å². The number of benzene rings is 1. The van der Waals surface area contributed by atoms with E-state index in [2.05, 4.69) is 27.9 Å². The Balaban J connectivity index is 2.04. The van der Waals surface area contributed by atoms with Gasteiger partial charge in [-0.3, -0.25) is 4.79 Å². The number of hydrogen-bond donors (Lipinski definition) is 2. The summed E-state index contributed by atoms with van der Waals surface area (Å²) in [5.74, 6) is 0.00489. The van der Waals surface area contributed by atoms with Gasteiger partial charge >= 0.3 is 0 Å². The van der Waals surface area contributed by atoms with Crippen molar-refractivity contribution in [2.75, 3.05) is 5.32 Å². The van der Waals surface area contributed by atoms with Gasteiger partial charge in [-0.1, -0.05) is 0 Å². The molecular formula is C14H13N3OS. The lowest BCUT2D eigenvalue weighted by molar-refractivity contribution is -0.120. The molecule has 4 nitrogen and oxygen atoms in total. The highest BCUT2D eigenvalue weighted by Crippen LogP contribution is 2.40. The third kappa shape index (κ3) is 2.00. The van der Waals surface area contributed by atoms with Gasteiger partial charge < -0.3 is 5.32 Å². The van der Waals surface area contributed by atoms with E-state index in [9.17, 15) is 4.79 Å². The maximum absolute atomic E-state index is 12.3. The molecule has 96 valence electrons. The molecule has 1 aliphatic rings. The SMILES string of the molecule is CC1(Cc2cncnc2)C(=O)Nc2ccc(S)cc21. The van der Waals surface area contributed by atoms with Crippen LogP contribution in [0.4, 0.5) is 5.69 Å². The van der Waals surface area contributed by atoms with Gasteiger partial charge in [0.25, 0.3) is 0 Å². The molecule has 1 amide bonds. The maximum atomic E-state index is 12.3. The van der Waals surface area contributed by atoms with E-state index in [1.807, 2.05) is 25.1 Å². The number of anilines is 1. The van der Waals surface area contributed by atoms with Crippen molar-refractivity contribution >= 4 is 24.2 Å². The molecule has 19 heavy (non-hydrogen) atoms. The van der Waals surface area contributed by atoms with Gasteiger partial charge in [0, 0.05) is 23.0 Å². The summed E-state index contributed by atoms with van der Waals surface area (Å²) >= 11 is 4.35. The Kier molecular flexibility index (Phi) is 2.78. The second-order valence-corrected chi connectivity index (χ2v) is 5.46. The highest BCUT2D eigenvalue weighted by Gasteiger charge is 2.42. The number of aromatic nitrogens is 2. The lowest BCUT2D eigenvalue weighted by Crippen LogP contribution is -2.33. The number of carbonyl (C=O) groups is 1. The molecule has 3 rings (SSSR count). The summed E-state index contributed by atoms with van der Waals surface area (Å²) in [5, 5.41) is 2.92. The van der Waals surface area contributed by atoms with Crippen molar-refractivity contribution in [3.63, 3.8) is 0 Å². The number of nitrogens with zero attached hydrogens (tertiary/aromatic N) is 2. The Morgan fingerprint density at radius 1 is 1.32 bits per heavy atom. The second kappa shape index (κ2) is 4.35. The van der Waals surface area contributed by atoms with Crippen molar-refractivity contribution in [3.05, 3.63) is 48.0 Å². The van der Waals surface area contributed by atoms with E-state index in [1.165, 1.54) is 6.33 Å². The molecule has 0 aliphatic carbocycles. The maximum Gasteiger partial charge on any atom is 0.235 e. The van der Waals surface area contributed by atoms with E-state index in [-0.39, 0.29) is 5.91 Å². The van der Waals surface area contributed by atoms with Gasteiger partial charge in [0.2, 0.25) is 5.91 Å². The van der Waals surface area contributed by atoms with Gasteiger partial charge in [-0.25, -0.2) is 9.97 Å². The van der Waals surface area contributed by atoms with E-state index >= 15 is 0 Å². The molecule has 0 radical (unpaired) electrons. The first-order valence-corrected chi connectivity index (χ1v) is 6.43. The van der Waals surface area contributed by atoms with Crippen LogP contribution in [0.2, 0.25) is 0 Å². The zero-order chi connectivity index (χ0) is 13.5. The van der Waals surface area contributed by atoms with Crippen LogP contribution in [0, 0.1) is 0 Å². The first kappa shape index (κ1) is 12.2. The standard InChI is InChI=1S/C14H13N3OS/c1-14(5-9-6-15-8-16-7-9)11-4-10(19)2-3-12(11)17-13(14)18/h2-4,6-8,19H,5H2,1H3,(H,17,18). The molecule has 1 aromatic carbocycles. The lowest BCUT2D eigenvalue weighted by atomic mass is 9.79. The summed E-state index contributed by atoms with van der Waals surface area (Å²) in [6.45, 7) is 1.94. The van der Waals surface area contributed by atoms with E-state index in [4.69, 9.17) is 0 Å². The lowest BCUT2D eigenvalue weighted by Gasteiger charge is -2.22. The molecule has 0 fully saturated rings. The number of rotatable bonds is 2. The van der Waals surface area contributed by atoms with Crippen LogP contribution in [0.15, 0.2) is 41.8 Å². The highest BCUT2D eigenvalue weighted by atomic mass is 32.1. The third-order valence-electron chi connectivity index (χ3n) is 3.52. The fourth-order valence-corrected chi connectivity index (χ4v) is 2.69. The zero-order valence-electron chi connectivity index (χ0n) is 10.4. The van der Waals surface area contributed by atoms with Crippen LogP contribution in [-0.2, 0) is 16.6 Å². The Morgan fingerprint density at radius 2 is 2.05 bits per heavy atom. The predicted octanol–water partition coefficient (Wildman–Crippen LogP) is 2.22. The van der Waals surface area contributed by atoms with Crippen LogP contribution in [-0.4, -0.2) is 15.9 Å². The van der Waals surface area contributed by atoms with E-state index < -0.39 is 5.41 Å². The topological polar surface area (TPSA) is 54.9 Å². The minimum atomic E-state index is -0.598. The zero-order valence-corrected chi connectivity index (χ0v) is 11.3.